The van der Waals surface area contributed by atoms with Gasteiger partial charge < -0.3 is 18.9 Å². The van der Waals surface area contributed by atoms with Gasteiger partial charge in [0.1, 0.15) is 17.3 Å². The molecule has 2 heterocycles. The molecule has 0 bridgehead atoms. The van der Waals surface area contributed by atoms with E-state index in [-0.39, 0.29) is 24.1 Å². The second-order valence-corrected chi connectivity index (χ2v) is 6.40. The molecule has 8 heteroatoms. The quantitative estimate of drug-likeness (QED) is 0.672. The average molecular weight is 383 g/mol. The second-order valence-electron chi connectivity index (χ2n) is 6.40. The Morgan fingerprint density at radius 1 is 1.14 bits per heavy atom. The first-order valence-electron chi connectivity index (χ1n) is 8.71. The lowest BCUT2D eigenvalue weighted by molar-refractivity contribution is -0.117. The van der Waals surface area contributed by atoms with Crippen LogP contribution in [-0.2, 0) is 4.79 Å². The van der Waals surface area contributed by atoms with E-state index >= 15 is 0 Å². The molecule has 7 nitrogen and oxygen atoms in total. The number of rotatable bonds is 5. The number of benzene rings is 2. The lowest BCUT2D eigenvalue weighted by Crippen LogP contribution is -2.24. The number of carbonyl (C=O) groups excluding carboxylic acids is 1. The topological polar surface area (TPSA) is 77.7 Å². The number of hydrogen-bond acceptors (Lipinski definition) is 6. The smallest absolute Gasteiger partial charge is 0.232 e. The maximum atomic E-state index is 13.1. The molecule has 0 radical (unpaired) electrons. The van der Waals surface area contributed by atoms with Gasteiger partial charge in [0.15, 0.2) is 0 Å². The first-order chi connectivity index (χ1) is 13.6. The summed E-state index contributed by atoms with van der Waals surface area (Å²) in [5, 5.41) is 4.04. The van der Waals surface area contributed by atoms with Crippen LogP contribution >= 0.6 is 0 Å². The largest absolute Gasteiger partial charge is 0.497 e. The number of ether oxygens (including phenoxy) is 2. The highest BCUT2D eigenvalue weighted by molar-refractivity contribution is 5.96. The van der Waals surface area contributed by atoms with Gasteiger partial charge in [0.05, 0.1) is 25.7 Å². The number of halogens is 1. The van der Waals surface area contributed by atoms with E-state index in [2.05, 4.69) is 10.1 Å². The SMILES string of the molecule is COc1ccc(-c2noc([C@H]3CC(=O)N(c4ccc(F)cc4)C3)n2)c(OC)c1. The van der Waals surface area contributed by atoms with Crippen molar-refractivity contribution >= 4 is 11.6 Å². The van der Waals surface area contributed by atoms with Crippen LogP contribution in [0.25, 0.3) is 11.4 Å². The molecule has 0 spiro atoms. The summed E-state index contributed by atoms with van der Waals surface area (Å²) in [6, 6.07) is 11.1. The van der Waals surface area contributed by atoms with Crippen molar-refractivity contribution < 1.29 is 23.2 Å². The first kappa shape index (κ1) is 18.0. The molecular weight excluding hydrogens is 365 g/mol. The molecule has 0 unspecified atom stereocenters. The van der Waals surface area contributed by atoms with E-state index in [4.69, 9.17) is 14.0 Å². The van der Waals surface area contributed by atoms with Crippen molar-refractivity contribution in [2.24, 2.45) is 0 Å². The van der Waals surface area contributed by atoms with E-state index in [1.807, 2.05) is 0 Å². The molecule has 1 saturated heterocycles. The van der Waals surface area contributed by atoms with E-state index in [0.29, 0.717) is 41.0 Å². The highest BCUT2D eigenvalue weighted by Gasteiger charge is 2.35. The normalized spacial score (nSPS) is 16.5. The van der Waals surface area contributed by atoms with Crippen molar-refractivity contribution in [3.63, 3.8) is 0 Å². The monoisotopic (exact) mass is 383 g/mol. The molecule has 1 atom stereocenters. The van der Waals surface area contributed by atoms with Gasteiger partial charge in [-0.3, -0.25) is 4.79 Å². The fourth-order valence-corrected chi connectivity index (χ4v) is 3.24. The Balaban J connectivity index is 1.57. The van der Waals surface area contributed by atoms with Crippen molar-refractivity contribution in [2.45, 2.75) is 12.3 Å². The predicted octanol–water partition coefficient (Wildman–Crippen LogP) is 3.41. The van der Waals surface area contributed by atoms with Crippen molar-refractivity contribution in [1.82, 2.24) is 10.1 Å². The zero-order valence-electron chi connectivity index (χ0n) is 15.4. The summed E-state index contributed by atoms with van der Waals surface area (Å²) in [6.07, 6.45) is 0.249. The van der Waals surface area contributed by atoms with Gasteiger partial charge in [-0.15, -0.1) is 0 Å². The summed E-state index contributed by atoms with van der Waals surface area (Å²) in [5.74, 6) is 1.32. The summed E-state index contributed by atoms with van der Waals surface area (Å²) < 4.78 is 29.1. The Labute approximate surface area is 160 Å². The summed E-state index contributed by atoms with van der Waals surface area (Å²) in [4.78, 5) is 18.5. The summed E-state index contributed by atoms with van der Waals surface area (Å²) >= 11 is 0. The number of methoxy groups -OCH3 is 2. The van der Waals surface area contributed by atoms with Gasteiger partial charge in [-0.05, 0) is 36.4 Å². The van der Waals surface area contributed by atoms with Crippen LogP contribution in [-0.4, -0.2) is 36.8 Å². The molecule has 2 aromatic carbocycles. The number of aromatic nitrogens is 2. The van der Waals surface area contributed by atoms with Crippen LogP contribution in [0, 0.1) is 5.82 Å². The van der Waals surface area contributed by atoms with E-state index in [1.54, 1.807) is 49.5 Å². The molecule has 0 aliphatic carbocycles. The Morgan fingerprint density at radius 3 is 2.64 bits per heavy atom. The number of anilines is 1. The molecule has 0 N–H and O–H groups in total. The van der Waals surface area contributed by atoms with Crippen LogP contribution < -0.4 is 14.4 Å². The zero-order chi connectivity index (χ0) is 19.7. The van der Waals surface area contributed by atoms with Crippen LogP contribution in [0.2, 0.25) is 0 Å². The minimum absolute atomic E-state index is 0.0709. The summed E-state index contributed by atoms with van der Waals surface area (Å²) in [7, 11) is 3.13. The third-order valence-electron chi connectivity index (χ3n) is 4.70. The van der Waals surface area contributed by atoms with Gasteiger partial charge in [0.25, 0.3) is 0 Å². The third-order valence-corrected chi connectivity index (χ3v) is 4.70. The lowest BCUT2D eigenvalue weighted by Gasteiger charge is -2.15. The fraction of sp³-hybridized carbons (Fsp3) is 0.250. The predicted molar refractivity (Wildman–Crippen MR) is 98.9 cm³/mol. The van der Waals surface area contributed by atoms with Crippen LogP contribution in [0.15, 0.2) is 47.0 Å². The highest BCUT2D eigenvalue weighted by Crippen LogP contribution is 2.35. The third kappa shape index (κ3) is 3.28. The van der Waals surface area contributed by atoms with Crippen molar-refractivity contribution in [1.29, 1.82) is 0 Å². The number of amides is 1. The maximum absolute atomic E-state index is 13.1. The van der Waals surface area contributed by atoms with Gasteiger partial charge in [-0.25, -0.2) is 4.39 Å². The van der Waals surface area contributed by atoms with Crippen LogP contribution in [0.4, 0.5) is 10.1 Å². The van der Waals surface area contributed by atoms with Crippen LogP contribution in [0.1, 0.15) is 18.2 Å². The van der Waals surface area contributed by atoms with Crippen molar-refractivity contribution in [2.75, 3.05) is 25.7 Å². The van der Waals surface area contributed by atoms with Gasteiger partial charge >= 0.3 is 0 Å². The molecule has 1 amide bonds. The first-order valence-corrected chi connectivity index (χ1v) is 8.71. The fourth-order valence-electron chi connectivity index (χ4n) is 3.24. The average Bonchev–Trinajstić information content (AvgIpc) is 3.35. The number of hydrogen-bond donors (Lipinski definition) is 0. The molecule has 144 valence electrons. The minimum Gasteiger partial charge on any atom is -0.497 e. The second kappa shape index (κ2) is 7.30. The van der Waals surface area contributed by atoms with E-state index in [9.17, 15) is 9.18 Å². The summed E-state index contributed by atoms with van der Waals surface area (Å²) in [5.41, 5.74) is 1.31. The zero-order valence-corrected chi connectivity index (χ0v) is 15.4. The lowest BCUT2D eigenvalue weighted by atomic mass is 10.1. The van der Waals surface area contributed by atoms with Crippen molar-refractivity contribution in [3.05, 3.63) is 54.2 Å². The van der Waals surface area contributed by atoms with Crippen molar-refractivity contribution in [3.8, 4) is 22.9 Å². The standard InChI is InChI=1S/C20H18FN3O4/c1-26-15-7-8-16(17(10-15)27-2)19-22-20(28-23-19)12-9-18(25)24(11-12)14-5-3-13(21)4-6-14/h3-8,10,12H,9,11H2,1-2H3/t12-/m0/s1. The van der Waals surface area contributed by atoms with Gasteiger partial charge in [0.2, 0.25) is 17.6 Å². The molecule has 1 aliphatic heterocycles. The molecule has 3 aromatic rings. The summed E-state index contributed by atoms with van der Waals surface area (Å²) in [6.45, 7) is 0.395. The Kier molecular flexibility index (Phi) is 4.68. The molecule has 0 saturated carbocycles. The van der Waals surface area contributed by atoms with Gasteiger partial charge in [0, 0.05) is 24.7 Å². The number of nitrogens with zero attached hydrogens (tertiary/aromatic N) is 3. The minimum atomic E-state index is -0.345. The van der Waals surface area contributed by atoms with E-state index in [1.165, 1.54) is 12.1 Å². The Morgan fingerprint density at radius 2 is 1.93 bits per heavy atom. The van der Waals surface area contributed by atoms with E-state index in [0.717, 1.165) is 0 Å². The molecular formula is C20H18FN3O4. The molecule has 1 aromatic heterocycles. The van der Waals surface area contributed by atoms with E-state index < -0.39 is 0 Å². The molecule has 4 rings (SSSR count). The van der Waals surface area contributed by atoms with Crippen LogP contribution in [0.3, 0.4) is 0 Å². The van der Waals surface area contributed by atoms with Gasteiger partial charge in [-0.1, -0.05) is 5.16 Å². The highest BCUT2D eigenvalue weighted by atomic mass is 19.1. The Bertz CT molecular complexity index is 1000. The van der Waals surface area contributed by atoms with Gasteiger partial charge in [-0.2, -0.15) is 4.98 Å². The molecule has 1 fully saturated rings. The molecule has 28 heavy (non-hydrogen) atoms. The maximum Gasteiger partial charge on any atom is 0.232 e. The Hall–Kier alpha value is -3.42. The number of carbonyl (C=O) groups is 1. The molecule has 1 aliphatic rings. The van der Waals surface area contributed by atoms with Crippen LogP contribution in [0.5, 0.6) is 11.5 Å².